The first-order valence-electron chi connectivity index (χ1n) is 8.85. The number of nitrogens with zero attached hydrogens (tertiary/aromatic N) is 4. The summed E-state index contributed by atoms with van der Waals surface area (Å²) >= 11 is 0. The van der Waals surface area contributed by atoms with Gasteiger partial charge in [-0.3, -0.25) is 4.79 Å². The first-order chi connectivity index (χ1) is 13.7. The minimum Gasteiger partial charge on any atom is -0.497 e. The molecule has 4 rings (SSSR count). The summed E-state index contributed by atoms with van der Waals surface area (Å²) in [7, 11) is 1.63. The molecule has 1 N–H and O–H groups in total. The lowest BCUT2D eigenvalue weighted by Crippen LogP contribution is -2.25. The number of ether oxygens (including phenoxy) is 1. The van der Waals surface area contributed by atoms with Crippen LogP contribution < -0.4 is 10.1 Å². The average molecular weight is 373 g/mol. The summed E-state index contributed by atoms with van der Waals surface area (Å²) in [5, 5.41) is 15.8. The minimum absolute atomic E-state index is 0.152. The molecule has 0 aliphatic heterocycles. The van der Waals surface area contributed by atoms with Crippen molar-refractivity contribution in [3.05, 3.63) is 77.6 Å². The highest BCUT2D eigenvalue weighted by molar-refractivity contribution is 5.95. The number of aryl methyl sites for hydroxylation is 1. The van der Waals surface area contributed by atoms with Crippen molar-refractivity contribution in [3.63, 3.8) is 0 Å². The van der Waals surface area contributed by atoms with Crippen molar-refractivity contribution in [2.45, 2.75) is 13.5 Å². The maximum absolute atomic E-state index is 12.4. The number of carbonyl (C=O) groups is 1. The van der Waals surface area contributed by atoms with Crippen molar-refractivity contribution in [1.82, 2.24) is 25.1 Å². The number of hydrogen-bond donors (Lipinski definition) is 1. The number of fused-ring (bicyclic) bond motifs is 1. The molecular formula is C21H19N5O2. The summed E-state index contributed by atoms with van der Waals surface area (Å²) in [4.78, 5) is 12.4. The number of aromatic nitrogens is 4. The SMILES string of the molecule is COc1ccc(-c2ccc3nnc(CNC(=O)c4ccccc4C)n3n2)cc1. The number of amides is 1. The summed E-state index contributed by atoms with van der Waals surface area (Å²) < 4.78 is 6.85. The number of hydrogen-bond acceptors (Lipinski definition) is 5. The van der Waals surface area contributed by atoms with Crippen LogP contribution in [0.15, 0.2) is 60.7 Å². The highest BCUT2D eigenvalue weighted by Crippen LogP contribution is 2.21. The molecule has 1 amide bonds. The Morgan fingerprint density at radius 3 is 2.57 bits per heavy atom. The molecule has 0 saturated carbocycles. The van der Waals surface area contributed by atoms with Crippen molar-refractivity contribution in [3.8, 4) is 17.0 Å². The average Bonchev–Trinajstić information content (AvgIpc) is 3.14. The van der Waals surface area contributed by atoms with Gasteiger partial charge in [0.2, 0.25) is 0 Å². The molecule has 4 aromatic rings. The van der Waals surface area contributed by atoms with E-state index in [-0.39, 0.29) is 12.5 Å². The summed E-state index contributed by atoms with van der Waals surface area (Å²) in [6.07, 6.45) is 0. The number of carbonyl (C=O) groups excluding carboxylic acids is 1. The van der Waals surface area contributed by atoms with E-state index in [1.807, 2.05) is 61.5 Å². The number of methoxy groups -OCH3 is 1. The van der Waals surface area contributed by atoms with Crippen LogP contribution in [0.3, 0.4) is 0 Å². The maximum Gasteiger partial charge on any atom is 0.251 e. The van der Waals surface area contributed by atoms with Gasteiger partial charge in [0.05, 0.1) is 19.3 Å². The zero-order valence-corrected chi connectivity index (χ0v) is 15.6. The van der Waals surface area contributed by atoms with Crippen LogP contribution in [-0.2, 0) is 6.54 Å². The van der Waals surface area contributed by atoms with E-state index in [0.717, 1.165) is 22.6 Å². The fourth-order valence-electron chi connectivity index (χ4n) is 2.94. The Hall–Kier alpha value is -3.74. The summed E-state index contributed by atoms with van der Waals surface area (Å²) in [5.74, 6) is 1.20. The van der Waals surface area contributed by atoms with Gasteiger partial charge in [-0.2, -0.15) is 9.61 Å². The van der Waals surface area contributed by atoms with Gasteiger partial charge in [-0.25, -0.2) is 0 Å². The molecule has 0 saturated heterocycles. The summed E-state index contributed by atoms with van der Waals surface area (Å²) in [5.41, 5.74) is 3.92. The van der Waals surface area contributed by atoms with Gasteiger partial charge in [0, 0.05) is 11.1 Å². The third-order valence-electron chi connectivity index (χ3n) is 4.51. The van der Waals surface area contributed by atoms with Crippen molar-refractivity contribution in [1.29, 1.82) is 0 Å². The Balaban J connectivity index is 1.57. The molecule has 7 heteroatoms. The molecule has 0 bridgehead atoms. The quantitative estimate of drug-likeness (QED) is 0.581. The summed E-state index contributed by atoms with van der Waals surface area (Å²) in [6, 6.07) is 18.9. The predicted octanol–water partition coefficient (Wildman–Crippen LogP) is 3.04. The fourth-order valence-corrected chi connectivity index (χ4v) is 2.94. The standard InChI is InChI=1S/C21H19N5O2/c1-14-5-3-4-6-17(14)21(27)22-13-20-24-23-19-12-11-18(25-26(19)20)15-7-9-16(28-2)10-8-15/h3-12H,13H2,1-2H3,(H,22,27). The van der Waals surface area contributed by atoms with E-state index in [9.17, 15) is 4.79 Å². The van der Waals surface area contributed by atoms with Gasteiger partial charge in [-0.1, -0.05) is 18.2 Å². The molecule has 0 spiro atoms. The number of nitrogens with one attached hydrogen (secondary N) is 1. The molecule has 0 aliphatic rings. The Bertz CT molecular complexity index is 1140. The van der Waals surface area contributed by atoms with E-state index in [4.69, 9.17) is 4.74 Å². The fraction of sp³-hybridized carbons (Fsp3) is 0.143. The Morgan fingerprint density at radius 1 is 1.04 bits per heavy atom. The molecule has 0 unspecified atom stereocenters. The van der Waals surface area contributed by atoms with Crippen molar-refractivity contribution >= 4 is 11.6 Å². The molecule has 28 heavy (non-hydrogen) atoms. The third kappa shape index (κ3) is 3.42. The third-order valence-corrected chi connectivity index (χ3v) is 4.51. The van der Waals surface area contributed by atoms with Crippen LogP contribution in [0.25, 0.3) is 16.9 Å². The Kier molecular flexibility index (Phi) is 4.72. The molecule has 0 atom stereocenters. The van der Waals surface area contributed by atoms with Crippen LogP contribution in [0.2, 0.25) is 0 Å². The van der Waals surface area contributed by atoms with E-state index in [1.165, 1.54) is 0 Å². The normalized spacial score (nSPS) is 10.8. The molecular weight excluding hydrogens is 354 g/mol. The van der Waals surface area contributed by atoms with Crippen LogP contribution in [0.1, 0.15) is 21.7 Å². The molecule has 0 radical (unpaired) electrons. The van der Waals surface area contributed by atoms with Gasteiger partial charge in [-0.05, 0) is 55.0 Å². The Morgan fingerprint density at radius 2 is 1.82 bits per heavy atom. The number of benzene rings is 2. The van der Waals surface area contributed by atoms with Crippen molar-refractivity contribution in [2.75, 3.05) is 7.11 Å². The van der Waals surface area contributed by atoms with Crippen LogP contribution in [-0.4, -0.2) is 32.8 Å². The summed E-state index contributed by atoms with van der Waals surface area (Å²) in [6.45, 7) is 2.14. The highest BCUT2D eigenvalue weighted by Gasteiger charge is 2.12. The predicted molar refractivity (Wildman–Crippen MR) is 105 cm³/mol. The zero-order valence-electron chi connectivity index (χ0n) is 15.6. The monoisotopic (exact) mass is 373 g/mol. The van der Waals surface area contributed by atoms with Gasteiger partial charge in [0.15, 0.2) is 11.5 Å². The van der Waals surface area contributed by atoms with E-state index < -0.39 is 0 Å². The molecule has 0 aliphatic carbocycles. The maximum atomic E-state index is 12.4. The highest BCUT2D eigenvalue weighted by atomic mass is 16.5. The molecule has 2 aromatic heterocycles. The second kappa shape index (κ2) is 7.48. The van der Waals surface area contributed by atoms with Gasteiger partial charge in [0.25, 0.3) is 5.91 Å². The van der Waals surface area contributed by atoms with E-state index >= 15 is 0 Å². The second-order valence-electron chi connectivity index (χ2n) is 6.33. The first kappa shape index (κ1) is 17.7. The van der Waals surface area contributed by atoms with Crippen molar-refractivity contribution in [2.24, 2.45) is 0 Å². The number of rotatable bonds is 5. The van der Waals surface area contributed by atoms with Gasteiger partial charge >= 0.3 is 0 Å². The van der Waals surface area contributed by atoms with Crippen LogP contribution >= 0.6 is 0 Å². The lowest BCUT2D eigenvalue weighted by Gasteiger charge is -2.07. The van der Waals surface area contributed by atoms with Crippen LogP contribution in [0, 0.1) is 6.92 Å². The topological polar surface area (TPSA) is 81.4 Å². The zero-order chi connectivity index (χ0) is 19.5. The second-order valence-corrected chi connectivity index (χ2v) is 6.33. The van der Waals surface area contributed by atoms with Crippen molar-refractivity contribution < 1.29 is 9.53 Å². The molecule has 2 aromatic carbocycles. The molecule has 0 fully saturated rings. The minimum atomic E-state index is -0.152. The van der Waals surface area contributed by atoms with Gasteiger partial charge in [-0.15, -0.1) is 10.2 Å². The van der Waals surface area contributed by atoms with E-state index in [0.29, 0.717) is 17.0 Å². The van der Waals surface area contributed by atoms with Gasteiger partial charge in [0.1, 0.15) is 5.75 Å². The van der Waals surface area contributed by atoms with Crippen LogP contribution in [0.4, 0.5) is 0 Å². The smallest absolute Gasteiger partial charge is 0.251 e. The van der Waals surface area contributed by atoms with E-state index in [1.54, 1.807) is 17.7 Å². The molecule has 140 valence electrons. The molecule has 7 nitrogen and oxygen atoms in total. The van der Waals surface area contributed by atoms with Crippen LogP contribution in [0.5, 0.6) is 5.75 Å². The molecule has 2 heterocycles. The van der Waals surface area contributed by atoms with E-state index in [2.05, 4.69) is 20.6 Å². The Labute approximate surface area is 162 Å². The largest absolute Gasteiger partial charge is 0.497 e. The lowest BCUT2D eigenvalue weighted by molar-refractivity contribution is 0.0949. The first-order valence-corrected chi connectivity index (χ1v) is 8.85. The van der Waals surface area contributed by atoms with Gasteiger partial charge < -0.3 is 10.1 Å². The lowest BCUT2D eigenvalue weighted by atomic mass is 10.1.